The number of rotatable bonds is 2. The molecule has 1 aliphatic rings. The smallest absolute Gasteiger partial charge is 0.128 e. The van der Waals surface area contributed by atoms with E-state index in [9.17, 15) is 0 Å². The minimum Gasteiger partial charge on any atom is -0.364 e. The first kappa shape index (κ1) is 7.22. The van der Waals surface area contributed by atoms with Gasteiger partial charge in [-0.25, -0.2) is 0 Å². The molecular weight excluding hydrogens is 158 g/mol. The van der Waals surface area contributed by atoms with Crippen molar-refractivity contribution in [3.63, 3.8) is 0 Å². The van der Waals surface area contributed by atoms with Gasteiger partial charge in [0.15, 0.2) is 0 Å². The number of hydrogen-bond acceptors (Lipinski definition) is 3. The first-order chi connectivity index (χ1) is 5.26. The van der Waals surface area contributed by atoms with E-state index < -0.39 is 0 Å². The third-order valence-corrected chi connectivity index (χ3v) is 3.50. The van der Waals surface area contributed by atoms with E-state index in [-0.39, 0.29) is 0 Å². The number of aromatic nitrogens is 1. The second kappa shape index (κ2) is 2.27. The lowest BCUT2D eigenvalue weighted by Gasteiger charge is -2.02. The van der Waals surface area contributed by atoms with Gasteiger partial charge < -0.3 is 4.52 Å². The lowest BCUT2D eigenvalue weighted by molar-refractivity contribution is 0.411. The first-order valence-electron chi connectivity index (χ1n) is 3.84. The predicted molar refractivity (Wildman–Crippen MR) is 45.7 cm³/mol. The third kappa shape index (κ3) is 1.07. The Morgan fingerprint density at radius 2 is 2.55 bits per heavy atom. The van der Waals surface area contributed by atoms with Gasteiger partial charge in [-0.3, -0.25) is 0 Å². The predicted octanol–water partition coefficient (Wildman–Crippen LogP) is 2.20. The average molecular weight is 169 g/mol. The minimum absolute atomic E-state index is 0.325. The Morgan fingerprint density at radius 1 is 1.82 bits per heavy atom. The molecule has 0 saturated carbocycles. The molecule has 0 aromatic carbocycles. The summed E-state index contributed by atoms with van der Waals surface area (Å²) in [6.45, 7) is 4.35. The lowest BCUT2D eigenvalue weighted by Crippen LogP contribution is -2.01. The highest BCUT2D eigenvalue weighted by Crippen LogP contribution is 2.53. The van der Waals surface area contributed by atoms with Gasteiger partial charge in [0.1, 0.15) is 6.26 Å². The van der Waals surface area contributed by atoms with E-state index in [0.29, 0.717) is 4.75 Å². The zero-order chi connectivity index (χ0) is 7.90. The van der Waals surface area contributed by atoms with Crippen molar-refractivity contribution in [2.75, 3.05) is 5.75 Å². The summed E-state index contributed by atoms with van der Waals surface area (Å²) in [4.78, 5) is 0. The topological polar surface area (TPSA) is 26.0 Å². The van der Waals surface area contributed by atoms with Crippen LogP contribution in [0.5, 0.6) is 0 Å². The van der Waals surface area contributed by atoms with Gasteiger partial charge in [-0.05, 0) is 13.3 Å². The van der Waals surface area contributed by atoms with Crippen molar-refractivity contribution in [3.05, 3.63) is 17.5 Å². The molecule has 1 fully saturated rings. The normalized spacial score (nSPS) is 28.9. The van der Waals surface area contributed by atoms with Crippen molar-refractivity contribution in [2.24, 2.45) is 0 Å². The molecule has 11 heavy (non-hydrogen) atoms. The van der Waals surface area contributed by atoms with Gasteiger partial charge in [-0.15, -0.1) is 11.8 Å². The van der Waals surface area contributed by atoms with Crippen LogP contribution in [0.15, 0.2) is 10.8 Å². The van der Waals surface area contributed by atoms with Crippen LogP contribution in [0.1, 0.15) is 25.1 Å². The van der Waals surface area contributed by atoms with Gasteiger partial charge in [0.05, 0.1) is 10.4 Å². The molecule has 0 amide bonds. The molecular formula is C8H11NOS. The molecule has 3 heteroatoms. The molecule has 2 nitrogen and oxygen atoms in total. The van der Waals surface area contributed by atoms with E-state index in [1.807, 2.05) is 11.8 Å². The van der Waals surface area contributed by atoms with E-state index in [0.717, 1.165) is 12.1 Å². The van der Waals surface area contributed by atoms with E-state index in [1.54, 1.807) is 6.26 Å². The zero-order valence-electron chi connectivity index (χ0n) is 6.76. The number of thioether (sulfide) groups is 1. The van der Waals surface area contributed by atoms with Crippen molar-refractivity contribution in [1.82, 2.24) is 5.16 Å². The van der Waals surface area contributed by atoms with E-state index in [1.165, 1.54) is 11.3 Å². The summed E-state index contributed by atoms with van der Waals surface area (Å²) in [6.07, 6.45) is 2.76. The van der Waals surface area contributed by atoms with Crippen LogP contribution in [0.25, 0.3) is 0 Å². The Hall–Kier alpha value is -0.440. The molecule has 0 radical (unpaired) electrons. The van der Waals surface area contributed by atoms with Crippen LogP contribution in [0.2, 0.25) is 0 Å². The maximum atomic E-state index is 4.94. The van der Waals surface area contributed by atoms with Crippen molar-refractivity contribution in [2.45, 2.75) is 25.0 Å². The zero-order valence-corrected chi connectivity index (χ0v) is 7.57. The lowest BCUT2D eigenvalue weighted by atomic mass is 10.0. The summed E-state index contributed by atoms with van der Waals surface area (Å²) >= 11 is 1.96. The molecule has 1 aromatic rings. The summed E-state index contributed by atoms with van der Waals surface area (Å²) in [6, 6.07) is 0. The fraction of sp³-hybridized carbons (Fsp3) is 0.625. The Kier molecular flexibility index (Phi) is 1.49. The molecule has 1 saturated heterocycles. The molecule has 2 rings (SSSR count). The fourth-order valence-corrected chi connectivity index (χ4v) is 1.90. The third-order valence-electron chi connectivity index (χ3n) is 2.13. The summed E-state index contributed by atoms with van der Waals surface area (Å²) in [5.41, 5.74) is 2.42. The minimum atomic E-state index is 0.325. The SMILES string of the molecule is CCc1nocc1C1(C)CS1. The summed E-state index contributed by atoms with van der Waals surface area (Å²) in [5, 5.41) is 3.95. The second-order valence-corrected chi connectivity index (χ2v) is 4.53. The van der Waals surface area contributed by atoms with Gasteiger partial charge in [0, 0.05) is 11.3 Å². The van der Waals surface area contributed by atoms with E-state index in [2.05, 4.69) is 19.0 Å². The van der Waals surface area contributed by atoms with Gasteiger partial charge in [0.2, 0.25) is 0 Å². The van der Waals surface area contributed by atoms with Crippen LogP contribution in [-0.2, 0) is 11.2 Å². The highest BCUT2D eigenvalue weighted by atomic mass is 32.2. The van der Waals surface area contributed by atoms with E-state index in [4.69, 9.17) is 4.52 Å². The number of nitrogens with zero attached hydrogens (tertiary/aromatic N) is 1. The molecule has 1 unspecified atom stereocenters. The summed E-state index contributed by atoms with van der Waals surface area (Å²) in [5.74, 6) is 1.21. The molecule has 1 aliphatic heterocycles. The van der Waals surface area contributed by atoms with Crippen LogP contribution in [0.3, 0.4) is 0 Å². The van der Waals surface area contributed by atoms with Crippen LogP contribution < -0.4 is 0 Å². The van der Waals surface area contributed by atoms with Gasteiger partial charge >= 0.3 is 0 Å². The molecule has 1 atom stereocenters. The molecule has 0 aliphatic carbocycles. The highest BCUT2D eigenvalue weighted by molar-refractivity contribution is 8.07. The van der Waals surface area contributed by atoms with Crippen molar-refractivity contribution < 1.29 is 4.52 Å². The quantitative estimate of drug-likeness (QED) is 0.635. The van der Waals surface area contributed by atoms with Crippen LogP contribution >= 0.6 is 11.8 Å². The Balaban J connectivity index is 2.36. The molecule has 2 heterocycles. The van der Waals surface area contributed by atoms with Gasteiger partial charge in [-0.2, -0.15) is 0 Å². The Labute approximate surface area is 70.3 Å². The largest absolute Gasteiger partial charge is 0.364 e. The van der Waals surface area contributed by atoms with Crippen LogP contribution in [-0.4, -0.2) is 10.9 Å². The summed E-state index contributed by atoms with van der Waals surface area (Å²) < 4.78 is 5.26. The van der Waals surface area contributed by atoms with Crippen LogP contribution in [0, 0.1) is 0 Å². The number of aryl methyl sites for hydroxylation is 1. The maximum Gasteiger partial charge on any atom is 0.128 e. The fourth-order valence-electron chi connectivity index (χ4n) is 1.21. The molecule has 1 aromatic heterocycles. The maximum absolute atomic E-state index is 4.94. The Morgan fingerprint density at radius 3 is 3.09 bits per heavy atom. The monoisotopic (exact) mass is 169 g/mol. The molecule has 60 valence electrons. The van der Waals surface area contributed by atoms with Crippen molar-refractivity contribution in [3.8, 4) is 0 Å². The number of hydrogen-bond donors (Lipinski definition) is 0. The van der Waals surface area contributed by atoms with Gasteiger partial charge in [0.25, 0.3) is 0 Å². The Bertz CT molecular complexity index is 265. The summed E-state index contributed by atoms with van der Waals surface area (Å²) in [7, 11) is 0. The van der Waals surface area contributed by atoms with E-state index >= 15 is 0 Å². The molecule has 0 N–H and O–H groups in total. The molecule has 0 spiro atoms. The highest BCUT2D eigenvalue weighted by Gasteiger charge is 2.43. The van der Waals surface area contributed by atoms with Crippen molar-refractivity contribution >= 4 is 11.8 Å². The molecule has 0 bridgehead atoms. The standard InChI is InChI=1S/C8H11NOS/c1-3-7-6(4-10-9-7)8(2)5-11-8/h4H,3,5H2,1-2H3. The van der Waals surface area contributed by atoms with Crippen molar-refractivity contribution in [1.29, 1.82) is 0 Å². The average Bonchev–Trinajstić information content (AvgIpc) is 2.61. The van der Waals surface area contributed by atoms with Gasteiger partial charge in [-0.1, -0.05) is 12.1 Å². The second-order valence-electron chi connectivity index (χ2n) is 3.05. The first-order valence-corrected chi connectivity index (χ1v) is 4.82. The van der Waals surface area contributed by atoms with Crippen LogP contribution in [0.4, 0.5) is 0 Å².